The molecule has 2 aromatic carbocycles. The summed E-state index contributed by atoms with van der Waals surface area (Å²) in [7, 11) is 0. The lowest BCUT2D eigenvalue weighted by Crippen LogP contribution is -2.24. The van der Waals surface area contributed by atoms with Gasteiger partial charge in [0.15, 0.2) is 5.75 Å². The van der Waals surface area contributed by atoms with Crippen molar-refractivity contribution in [2.75, 3.05) is 0 Å². The third kappa shape index (κ3) is 3.99. The number of halogens is 3. The monoisotopic (exact) mass is 435 g/mol. The van der Waals surface area contributed by atoms with Gasteiger partial charge in [0.2, 0.25) is 5.43 Å². The lowest BCUT2D eigenvalue weighted by molar-refractivity contribution is 0.0695. The van der Waals surface area contributed by atoms with Crippen LogP contribution < -0.4 is 10.2 Å². The minimum absolute atomic E-state index is 0.139. The number of ether oxygens (including phenoxy) is 1. The van der Waals surface area contributed by atoms with Gasteiger partial charge in [0, 0.05) is 12.1 Å². The molecule has 0 aliphatic rings. The molecule has 8 heteroatoms. The molecule has 1 aromatic heterocycles. The van der Waals surface area contributed by atoms with Crippen molar-refractivity contribution >= 4 is 29.2 Å². The van der Waals surface area contributed by atoms with Gasteiger partial charge < -0.3 is 14.4 Å². The number of nitrogens with zero attached hydrogens (tertiary/aromatic N) is 1. The summed E-state index contributed by atoms with van der Waals surface area (Å²) in [6, 6.07) is 9.73. The van der Waals surface area contributed by atoms with Crippen LogP contribution in [0.3, 0.4) is 0 Å². The Kier molecular flexibility index (Phi) is 5.96. The second-order valence-corrected chi connectivity index (χ2v) is 7.02. The second kappa shape index (κ2) is 8.27. The Labute approximate surface area is 175 Å². The quantitative estimate of drug-likeness (QED) is 0.551. The van der Waals surface area contributed by atoms with E-state index in [0.29, 0.717) is 22.8 Å². The molecule has 0 unspecified atom stereocenters. The van der Waals surface area contributed by atoms with Crippen molar-refractivity contribution < 1.29 is 19.0 Å². The smallest absolute Gasteiger partial charge is 0.342 e. The number of carboxylic acids is 1. The van der Waals surface area contributed by atoms with Crippen molar-refractivity contribution in [1.29, 1.82) is 0 Å². The first-order valence-corrected chi connectivity index (χ1v) is 9.39. The fourth-order valence-corrected chi connectivity index (χ4v) is 3.39. The zero-order chi connectivity index (χ0) is 21.3. The van der Waals surface area contributed by atoms with Gasteiger partial charge in [-0.05, 0) is 50.2 Å². The number of rotatable bonds is 5. The van der Waals surface area contributed by atoms with Gasteiger partial charge in [0.05, 0.1) is 21.4 Å². The number of aromatic nitrogens is 1. The van der Waals surface area contributed by atoms with E-state index in [1.807, 2.05) is 6.92 Å². The first-order valence-electron chi connectivity index (χ1n) is 8.64. The summed E-state index contributed by atoms with van der Waals surface area (Å²) >= 11 is 12.1. The zero-order valence-corrected chi connectivity index (χ0v) is 17.0. The van der Waals surface area contributed by atoms with Gasteiger partial charge in [-0.2, -0.15) is 0 Å². The molecular weight excluding hydrogens is 420 g/mol. The lowest BCUT2D eigenvalue weighted by atomic mass is 10.0. The van der Waals surface area contributed by atoms with Gasteiger partial charge >= 0.3 is 5.97 Å². The molecule has 0 atom stereocenters. The van der Waals surface area contributed by atoms with Gasteiger partial charge in [0.1, 0.15) is 17.1 Å². The topological polar surface area (TPSA) is 68.5 Å². The van der Waals surface area contributed by atoms with E-state index in [1.165, 1.54) is 36.4 Å². The lowest BCUT2D eigenvalue weighted by Gasteiger charge is -2.21. The van der Waals surface area contributed by atoms with E-state index in [4.69, 9.17) is 27.9 Å². The Morgan fingerprint density at radius 1 is 1.14 bits per heavy atom. The molecule has 3 aromatic rings. The molecule has 1 heterocycles. The van der Waals surface area contributed by atoms with E-state index < -0.39 is 22.8 Å². The number of hydrogen-bond donors (Lipinski definition) is 1. The normalized spacial score (nSPS) is 10.8. The van der Waals surface area contributed by atoms with Crippen LogP contribution in [0.2, 0.25) is 10.0 Å². The van der Waals surface area contributed by atoms with Crippen LogP contribution in [0.5, 0.6) is 11.5 Å². The highest BCUT2D eigenvalue weighted by molar-refractivity contribution is 6.42. The molecule has 3 rings (SSSR count). The van der Waals surface area contributed by atoms with Crippen LogP contribution in [0.4, 0.5) is 4.39 Å². The third-order valence-electron chi connectivity index (χ3n) is 4.43. The van der Waals surface area contributed by atoms with Gasteiger partial charge in [-0.3, -0.25) is 4.79 Å². The molecule has 5 nitrogen and oxygen atoms in total. The summed E-state index contributed by atoms with van der Waals surface area (Å²) in [6.07, 6.45) is 0. The van der Waals surface area contributed by atoms with Crippen LogP contribution >= 0.6 is 23.2 Å². The minimum Gasteiger partial charge on any atom is -0.477 e. The molecule has 0 aliphatic carbocycles. The van der Waals surface area contributed by atoms with Gasteiger partial charge in [-0.15, -0.1) is 0 Å². The first-order chi connectivity index (χ1) is 13.7. The van der Waals surface area contributed by atoms with Crippen LogP contribution in [-0.4, -0.2) is 15.6 Å². The Bertz CT molecular complexity index is 1160. The van der Waals surface area contributed by atoms with E-state index in [0.717, 1.165) is 0 Å². The molecule has 29 heavy (non-hydrogen) atoms. The second-order valence-electron chi connectivity index (χ2n) is 6.20. The standard InChI is InChI=1S/C21H16Cl2FNO4/c1-3-25-11(2)20(29-14-7-5-13(24)6-8-14)19(26)17(21(27)28)18(25)12-4-9-15(22)16(23)10-12/h4-10H,3H2,1-2H3,(H,27,28). The number of benzene rings is 2. The van der Waals surface area contributed by atoms with Crippen molar-refractivity contribution in [3.8, 4) is 22.8 Å². The molecule has 0 spiro atoms. The van der Waals surface area contributed by atoms with Crippen LogP contribution in [-0.2, 0) is 6.54 Å². The van der Waals surface area contributed by atoms with Crippen molar-refractivity contribution in [2.24, 2.45) is 0 Å². The van der Waals surface area contributed by atoms with E-state index in [2.05, 4.69) is 0 Å². The summed E-state index contributed by atoms with van der Waals surface area (Å²) in [5, 5.41) is 10.3. The molecule has 0 bridgehead atoms. The van der Waals surface area contributed by atoms with Gasteiger partial charge in [0.25, 0.3) is 0 Å². The van der Waals surface area contributed by atoms with Crippen molar-refractivity contribution in [3.63, 3.8) is 0 Å². The molecule has 0 radical (unpaired) electrons. The van der Waals surface area contributed by atoms with E-state index in [9.17, 15) is 19.1 Å². The van der Waals surface area contributed by atoms with Crippen LogP contribution in [0, 0.1) is 12.7 Å². The Morgan fingerprint density at radius 2 is 1.79 bits per heavy atom. The number of aromatic carboxylic acids is 1. The molecule has 0 amide bonds. The Balaban J connectivity index is 2.30. The summed E-state index contributed by atoms with van der Waals surface area (Å²) in [5.41, 5.74) is -0.175. The summed E-state index contributed by atoms with van der Waals surface area (Å²) in [4.78, 5) is 25.1. The predicted octanol–water partition coefficient (Wildman–Crippen LogP) is 5.78. The fraction of sp³-hybridized carbons (Fsp3) is 0.143. The SMILES string of the molecule is CCn1c(C)c(Oc2ccc(F)cc2)c(=O)c(C(=O)O)c1-c1ccc(Cl)c(Cl)c1. The Morgan fingerprint density at radius 3 is 2.34 bits per heavy atom. The van der Waals surface area contributed by atoms with E-state index in [-0.39, 0.29) is 22.2 Å². The van der Waals surface area contributed by atoms with E-state index >= 15 is 0 Å². The summed E-state index contributed by atoms with van der Waals surface area (Å²) in [5.74, 6) is -1.78. The number of carboxylic acid groups (broad SMARTS) is 1. The van der Waals surface area contributed by atoms with Crippen LogP contribution in [0.25, 0.3) is 11.3 Å². The minimum atomic E-state index is -1.40. The third-order valence-corrected chi connectivity index (χ3v) is 5.17. The molecule has 1 N–H and O–H groups in total. The van der Waals surface area contributed by atoms with Crippen molar-refractivity contribution in [2.45, 2.75) is 20.4 Å². The predicted molar refractivity (Wildman–Crippen MR) is 110 cm³/mol. The molecular formula is C21H16Cl2FNO4. The largest absolute Gasteiger partial charge is 0.477 e. The maximum atomic E-state index is 13.2. The molecule has 0 aliphatic heterocycles. The highest BCUT2D eigenvalue weighted by Crippen LogP contribution is 2.33. The highest BCUT2D eigenvalue weighted by Gasteiger charge is 2.26. The fourth-order valence-electron chi connectivity index (χ4n) is 3.09. The summed E-state index contributed by atoms with van der Waals surface area (Å²) < 4.78 is 20.5. The highest BCUT2D eigenvalue weighted by atomic mass is 35.5. The molecule has 0 saturated carbocycles. The Hall–Kier alpha value is -2.83. The van der Waals surface area contributed by atoms with Crippen molar-refractivity contribution in [1.82, 2.24) is 4.57 Å². The average Bonchev–Trinajstić information content (AvgIpc) is 2.68. The number of hydrogen-bond acceptors (Lipinski definition) is 3. The molecule has 0 saturated heterocycles. The summed E-state index contributed by atoms with van der Waals surface area (Å²) in [6.45, 7) is 3.82. The average molecular weight is 436 g/mol. The van der Waals surface area contributed by atoms with Crippen molar-refractivity contribution in [3.05, 3.63) is 79.8 Å². The van der Waals surface area contributed by atoms with Crippen LogP contribution in [0.15, 0.2) is 47.3 Å². The molecule has 150 valence electrons. The van der Waals surface area contributed by atoms with E-state index in [1.54, 1.807) is 17.6 Å². The van der Waals surface area contributed by atoms with Gasteiger partial charge in [-0.25, -0.2) is 9.18 Å². The van der Waals surface area contributed by atoms with Gasteiger partial charge in [-0.1, -0.05) is 29.3 Å². The van der Waals surface area contributed by atoms with Crippen LogP contribution in [0.1, 0.15) is 23.0 Å². The maximum Gasteiger partial charge on any atom is 0.342 e. The maximum absolute atomic E-state index is 13.2. The number of carbonyl (C=O) groups is 1. The number of pyridine rings is 1. The molecule has 0 fully saturated rings. The zero-order valence-electron chi connectivity index (χ0n) is 15.5. The first kappa shape index (κ1) is 20.9.